The highest BCUT2D eigenvalue weighted by atomic mass is 16.7. The van der Waals surface area contributed by atoms with Gasteiger partial charge in [0.15, 0.2) is 0 Å². The molecule has 1 N–H and O–H groups in total. The van der Waals surface area contributed by atoms with Crippen LogP contribution in [-0.4, -0.2) is 11.3 Å². The van der Waals surface area contributed by atoms with Crippen LogP contribution >= 0.6 is 0 Å². The van der Waals surface area contributed by atoms with Crippen LogP contribution in [0, 0.1) is 0 Å². The van der Waals surface area contributed by atoms with Gasteiger partial charge in [-0.3, -0.25) is 0 Å². The van der Waals surface area contributed by atoms with Crippen molar-refractivity contribution in [3.63, 3.8) is 0 Å². The van der Waals surface area contributed by atoms with Crippen molar-refractivity contribution in [3.8, 4) is 5.75 Å². The maximum Gasteiger partial charge on any atom is 0.511 e. The summed E-state index contributed by atoms with van der Waals surface area (Å²) in [4.78, 5) is 11.0. The molecule has 0 aromatic heterocycles. The minimum absolute atomic E-state index is 0.546. The van der Waals surface area contributed by atoms with Gasteiger partial charge in [0.2, 0.25) is 0 Å². The van der Waals surface area contributed by atoms with Gasteiger partial charge in [0.1, 0.15) is 5.75 Å². The van der Waals surface area contributed by atoms with Crippen LogP contribution in [0.3, 0.4) is 0 Å². The zero-order valence-electron chi connectivity index (χ0n) is 13.8. The molecule has 0 aliphatic rings. The Hall–Kier alpha value is -1.51. The zero-order valence-corrected chi connectivity index (χ0v) is 13.8. The first-order valence-electron chi connectivity index (χ1n) is 8.16. The lowest BCUT2D eigenvalue weighted by Crippen LogP contribution is -2.11. The molecule has 3 nitrogen and oxygen atoms in total. The topological polar surface area (TPSA) is 46.5 Å². The van der Waals surface area contributed by atoms with Gasteiger partial charge in [-0.15, -0.1) is 0 Å². The molecule has 118 valence electrons. The smallest absolute Gasteiger partial charge is 0.449 e. The van der Waals surface area contributed by atoms with Gasteiger partial charge in [0.05, 0.1) is 0 Å². The van der Waals surface area contributed by atoms with Crippen molar-refractivity contribution in [1.82, 2.24) is 0 Å². The fourth-order valence-corrected chi connectivity index (χ4v) is 3.00. The van der Waals surface area contributed by atoms with E-state index in [0.717, 1.165) is 50.5 Å². The van der Waals surface area contributed by atoms with Crippen LogP contribution in [0.2, 0.25) is 0 Å². The lowest BCUT2D eigenvalue weighted by molar-refractivity contribution is 0.144. The Bertz CT molecular complexity index is 478. The Kier molecular flexibility index (Phi) is 7.27. The largest absolute Gasteiger partial charge is 0.511 e. The molecule has 0 fully saturated rings. The van der Waals surface area contributed by atoms with Gasteiger partial charge in [0, 0.05) is 0 Å². The molecule has 3 heteroatoms. The highest BCUT2D eigenvalue weighted by Crippen LogP contribution is 2.33. The number of aryl methyl sites for hydroxylation is 1. The van der Waals surface area contributed by atoms with Crippen molar-refractivity contribution in [1.29, 1.82) is 0 Å². The second kappa shape index (κ2) is 8.71. The van der Waals surface area contributed by atoms with Crippen molar-refractivity contribution < 1.29 is 14.6 Å². The molecule has 0 aliphatic heterocycles. The van der Waals surface area contributed by atoms with Gasteiger partial charge in [-0.1, -0.05) is 47.0 Å². The zero-order chi connectivity index (χ0) is 15.8. The number of benzene rings is 1. The van der Waals surface area contributed by atoms with Crippen molar-refractivity contribution in [3.05, 3.63) is 28.3 Å². The molecule has 0 atom stereocenters. The highest BCUT2D eigenvalue weighted by Gasteiger charge is 2.18. The quantitative estimate of drug-likeness (QED) is 0.531. The minimum atomic E-state index is -1.22. The molecule has 0 spiro atoms. The van der Waals surface area contributed by atoms with E-state index in [1.165, 1.54) is 16.7 Å². The van der Waals surface area contributed by atoms with Crippen LogP contribution in [0.5, 0.6) is 5.75 Å². The molecule has 0 aliphatic carbocycles. The average Bonchev–Trinajstić information content (AvgIpc) is 2.44. The maximum absolute atomic E-state index is 11.0. The van der Waals surface area contributed by atoms with Crippen molar-refractivity contribution in [2.45, 2.75) is 72.6 Å². The maximum atomic E-state index is 11.0. The summed E-state index contributed by atoms with van der Waals surface area (Å²) in [5.41, 5.74) is 5.08. The summed E-state index contributed by atoms with van der Waals surface area (Å²) < 4.78 is 5.08. The van der Waals surface area contributed by atoms with Crippen LogP contribution in [0.15, 0.2) is 6.07 Å². The fraction of sp³-hybridized carbons (Fsp3) is 0.611. The van der Waals surface area contributed by atoms with Crippen LogP contribution in [-0.2, 0) is 25.7 Å². The lowest BCUT2D eigenvalue weighted by Gasteiger charge is -2.21. The average molecular weight is 292 g/mol. The number of carbonyl (C=O) groups is 1. The van der Waals surface area contributed by atoms with E-state index in [9.17, 15) is 4.79 Å². The summed E-state index contributed by atoms with van der Waals surface area (Å²) in [6, 6.07) is 1.95. The Morgan fingerprint density at radius 1 is 0.952 bits per heavy atom. The molecule has 1 aromatic rings. The van der Waals surface area contributed by atoms with Gasteiger partial charge in [-0.2, -0.15) is 0 Å². The van der Waals surface area contributed by atoms with Crippen molar-refractivity contribution in [2.75, 3.05) is 0 Å². The number of rotatable bonds is 8. The van der Waals surface area contributed by atoms with E-state index in [0.29, 0.717) is 5.75 Å². The molecule has 0 unspecified atom stereocenters. The third-order valence-corrected chi connectivity index (χ3v) is 3.80. The molecule has 21 heavy (non-hydrogen) atoms. The second-order valence-electron chi connectivity index (χ2n) is 5.44. The Morgan fingerprint density at radius 3 is 1.95 bits per heavy atom. The summed E-state index contributed by atoms with van der Waals surface area (Å²) in [5, 5.41) is 8.99. The summed E-state index contributed by atoms with van der Waals surface area (Å²) in [7, 11) is 0. The number of carboxylic acid groups (broad SMARTS) is 1. The standard InChI is InChI=1S/C18H28O3/c1-5-9-14-13(8-4)12-17(21-18(19)20)16(11-7-3)15(14)10-6-2/h12H,5-11H2,1-4H3,(H,19,20). The van der Waals surface area contributed by atoms with E-state index in [2.05, 4.69) is 27.7 Å². The van der Waals surface area contributed by atoms with Crippen LogP contribution in [0.4, 0.5) is 4.79 Å². The first-order valence-corrected chi connectivity index (χ1v) is 8.16. The summed E-state index contributed by atoms with van der Waals surface area (Å²) in [6.45, 7) is 8.60. The Morgan fingerprint density at radius 2 is 1.48 bits per heavy atom. The molecule has 0 heterocycles. The summed E-state index contributed by atoms with van der Waals surface area (Å²) in [5.74, 6) is 0.546. The normalized spacial score (nSPS) is 10.7. The molecule has 0 amide bonds. The van der Waals surface area contributed by atoms with E-state index in [1.807, 2.05) is 6.07 Å². The SMILES string of the molecule is CCCc1c(CC)cc(OC(=O)O)c(CCC)c1CCC. The van der Waals surface area contributed by atoms with Gasteiger partial charge in [0.25, 0.3) is 0 Å². The van der Waals surface area contributed by atoms with E-state index in [1.54, 1.807) is 0 Å². The lowest BCUT2D eigenvalue weighted by atomic mass is 9.87. The second-order valence-corrected chi connectivity index (χ2v) is 5.44. The molecule has 0 saturated heterocycles. The number of hydrogen-bond donors (Lipinski definition) is 1. The van der Waals surface area contributed by atoms with Crippen molar-refractivity contribution in [2.24, 2.45) is 0 Å². The number of ether oxygens (including phenoxy) is 1. The third kappa shape index (κ3) is 4.48. The van der Waals surface area contributed by atoms with E-state index in [4.69, 9.17) is 9.84 Å². The fourth-order valence-electron chi connectivity index (χ4n) is 3.00. The number of hydrogen-bond acceptors (Lipinski definition) is 2. The molecular weight excluding hydrogens is 264 g/mol. The summed E-state index contributed by atoms with van der Waals surface area (Å²) in [6.07, 6.45) is 5.77. The third-order valence-electron chi connectivity index (χ3n) is 3.80. The van der Waals surface area contributed by atoms with Gasteiger partial charge in [-0.05, 0) is 54.0 Å². The highest BCUT2D eigenvalue weighted by molar-refractivity contribution is 5.64. The first kappa shape index (κ1) is 17.5. The van der Waals surface area contributed by atoms with E-state index >= 15 is 0 Å². The monoisotopic (exact) mass is 292 g/mol. The van der Waals surface area contributed by atoms with Gasteiger partial charge in [-0.25, -0.2) is 4.79 Å². The van der Waals surface area contributed by atoms with Gasteiger partial charge < -0.3 is 9.84 Å². The van der Waals surface area contributed by atoms with E-state index < -0.39 is 6.16 Å². The van der Waals surface area contributed by atoms with Crippen LogP contribution in [0.1, 0.15) is 69.2 Å². The van der Waals surface area contributed by atoms with Gasteiger partial charge >= 0.3 is 6.16 Å². The molecule has 0 bridgehead atoms. The molecule has 1 aromatic carbocycles. The van der Waals surface area contributed by atoms with E-state index in [-0.39, 0.29) is 0 Å². The molecule has 0 radical (unpaired) electrons. The Balaban J connectivity index is 3.49. The predicted octanol–water partition coefficient (Wildman–Crippen LogP) is 5.16. The molecule has 1 rings (SSSR count). The summed E-state index contributed by atoms with van der Waals surface area (Å²) >= 11 is 0. The first-order chi connectivity index (χ1) is 10.1. The minimum Gasteiger partial charge on any atom is -0.449 e. The molecule has 0 saturated carbocycles. The predicted molar refractivity (Wildman–Crippen MR) is 86.5 cm³/mol. The van der Waals surface area contributed by atoms with Crippen LogP contribution < -0.4 is 4.74 Å². The molecular formula is C18H28O3. The van der Waals surface area contributed by atoms with Crippen molar-refractivity contribution >= 4 is 6.16 Å². The Labute approximate surface area is 128 Å². The van der Waals surface area contributed by atoms with Crippen LogP contribution in [0.25, 0.3) is 0 Å².